The van der Waals surface area contributed by atoms with Crippen molar-refractivity contribution in [2.45, 2.75) is 25.8 Å². The molecule has 0 aliphatic rings. The van der Waals surface area contributed by atoms with Crippen molar-refractivity contribution in [1.82, 2.24) is 4.90 Å². The first-order valence-electron chi connectivity index (χ1n) is 4.31. The van der Waals surface area contributed by atoms with E-state index in [9.17, 15) is 4.79 Å². The second kappa shape index (κ2) is 6.88. The van der Waals surface area contributed by atoms with Crippen LogP contribution in [-0.4, -0.2) is 35.1 Å². The third-order valence-corrected chi connectivity index (χ3v) is 1.95. The SMILES string of the molecule is CC(CCC(=O)O)N(CC#N)CC#N. The molecule has 0 rings (SSSR count). The Bertz CT molecular complexity index is 248. The minimum atomic E-state index is -0.856. The number of hydrogen-bond donors (Lipinski definition) is 1. The molecule has 1 N–H and O–H groups in total. The van der Waals surface area contributed by atoms with Crippen molar-refractivity contribution in [2.75, 3.05) is 13.1 Å². The zero-order valence-electron chi connectivity index (χ0n) is 8.10. The van der Waals surface area contributed by atoms with E-state index in [4.69, 9.17) is 15.6 Å². The standard InChI is InChI=1S/C9H13N3O2/c1-8(2-3-9(13)14)12(6-4-10)7-5-11/h8H,2-3,6-7H2,1H3,(H,13,14). The summed E-state index contributed by atoms with van der Waals surface area (Å²) in [6, 6.07) is 3.85. The third kappa shape index (κ3) is 5.13. The topological polar surface area (TPSA) is 88.1 Å². The van der Waals surface area contributed by atoms with Gasteiger partial charge in [0.05, 0.1) is 25.2 Å². The van der Waals surface area contributed by atoms with Crippen LogP contribution in [0.15, 0.2) is 0 Å². The Hall–Kier alpha value is -1.59. The summed E-state index contributed by atoms with van der Waals surface area (Å²) in [5, 5.41) is 25.4. The summed E-state index contributed by atoms with van der Waals surface area (Å²) >= 11 is 0. The number of nitriles is 2. The lowest BCUT2D eigenvalue weighted by Gasteiger charge is -2.22. The molecule has 0 heterocycles. The largest absolute Gasteiger partial charge is 0.481 e. The minimum Gasteiger partial charge on any atom is -0.481 e. The van der Waals surface area contributed by atoms with Gasteiger partial charge in [-0.3, -0.25) is 9.69 Å². The van der Waals surface area contributed by atoms with E-state index in [-0.39, 0.29) is 25.6 Å². The van der Waals surface area contributed by atoms with Crippen molar-refractivity contribution in [3.05, 3.63) is 0 Å². The molecule has 5 nitrogen and oxygen atoms in total. The number of carboxylic acids is 1. The van der Waals surface area contributed by atoms with Crippen molar-refractivity contribution in [1.29, 1.82) is 10.5 Å². The summed E-state index contributed by atoms with van der Waals surface area (Å²) in [4.78, 5) is 11.9. The second-order valence-corrected chi connectivity index (χ2v) is 3.00. The average Bonchev–Trinajstić information content (AvgIpc) is 2.14. The molecule has 0 spiro atoms. The molecule has 1 atom stereocenters. The molecule has 0 saturated carbocycles. The molecule has 0 bridgehead atoms. The molecule has 0 radical (unpaired) electrons. The zero-order valence-corrected chi connectivity index (χ0v) is 8.10. The van der Waals surface area contributed by atoms with Gasteiger partial charge in [-0.2, -0.15) is 10.5 Å². The number of nitrogens with zero attached hydrogens (tertiary/aromatic N) is 3. The van der Waals surface area contributed by atoms with E-state index in [1.807, 2.05) is 19.1 Å². The number of hydrogen-bond acceptors (Lipinski definition) is 4. The lowest BCUT2D eigenvalue weighted by atomic mass is 10.1. The molecule has 0 aliphatic carbocycles. The summed E-state index contributed by atoms with van der Waals surface area (Å²) in [7, 11) is 0. The van der Waals surface area contributed by atoms with Crippen molar-refractivity contribution >= 4 is 5.97 Å². The molecule has 0 fully saturated rings. The summed E-state index contributed by atoms with van der Waals surface area (Å²) in [6.45, 7) is 2.14. The molecular weight excluding hydrogens is 182 g/mol. The first-order chi connectivity index (χ1) is 6.61. The van der Waals surface area contributed by atoms with E-state index in [1.165, 1.54) is 0 Å². The van der Waals surface area contributed by atoms with Crippen LogP contribution in [0.5, 0.6) is 0 Å². The molecular formula is C9H13N3O2. The highest BCUT2D eigenvalue weighted by Crippen LogP contribution is 2.05. The van der Waals surface area contributed by atoms with Crippen LogP contribution in [0.3, 0.4) is 0 Å². The fourth-order valence-corrected chi connectivity index (χ4v) is 1.06. The summed E-state index contributed by atoms with van der Waals surface area (Å²) < 4.78 is 0. The first kappa shape index (κ1) is 12.4. The Morgan fingerprint density at radius 3 is 2.29 bits per heavy atom. The monoisotopic (exact) mass is 195 g/mol. The maximum absolute atomic E-state index is 10.3. The van der Waals surface area contributed by atoms with Gasteiger partial charge in [-0.15, -0.1) is 0 Å². The van der Waals surface area contributed by atoms with Gasteiger partial charge in [-0.25, -0.2) is 0 Å². The van der Waals surface area contributed by atoms with Crippen LogP contribution in [0.1, 0.15) is 19.8 Å². The van der Waals surface area contributed by atoms with Crippen LogP contribution >= 0.6 is 0 Å². The van der Waals surface area contributed by atoms with Crippen LogP contribution in [0, 0.1) is 22.7 Å². The van der Waals surface area contributed by atoms with Crippen LogP contribution in [0.4, 0.5) is 0 Å². The summed E-state index contributed by atoms with van der Waals surface area (Å²) in [5.41, 5.74) is 0. The highest BCUT2D eigenvalue weighted by atomic mass is 16.4. The summed E-state index contributed by atoms with van der Waals surface area (Å²) in [6.07, 6.45) is 0.521. The quantitative estimate of drug-likeness (QED) is 0.626. The molecule has 1 unspecified atom stereocenters. The fraction of sp³-hybridized carbons (Fsp3) is 0.667. The van der Waals surface area contributed by atoms with Crippen LogP contribution < -0.4 is 0 Å². The molecule has 0 amide bonds. The predicted molar refractivity (Wildman–Crippen MR) is 49.1 cm³/mol. The van der Waals surface area contributed by atoms with E-state index in [1.54, 1.807) is 4.90 Å². The number of carbonyl (C=O) groups is 1. The maximum Gasteiger partial charge on any atom is 0.303 e. The van der Waals surface area contributed by atoms with Crippen LogP contribution in [0.2, 0.25) is 0 Å². The number of rotatable bonds is 6. The highest BCUT2D eigenvalue weighted by molar-refractivity contribution is 5.66. The van der Waals surface area contributed by atoms with Gasteiger partial charge < -0.3 is 5.11 Å². The molecule has 14 heavy (non-hydrogen) atoms. The van der Waals surface area contributed by atoms with E-state index in [2.05, 4.69) is 0 Å². The van der Waals surface area contributed by atoms with Gasteiger partial charge in [0.15, 0.2) is 0 Å². The van der Waals surface area contributed by atoms with E-state index in [0.29, 0.717) is 6.42 Å². The molecule has 0 aromatic carbocycles. The highest BCUT2D eigenvalue weighted by Gasteiger charge is 2.13. The van der Waals surface area contributed by atoms with Crippen molar-refractivity contribution in [3.8, 4) is 12.1 Å². The molecule has 5 heteroatoms. The fourth-order valence-electron chi connectivity index (χ4n) is 1.06. The summed E-state index contributed by atoms with van der Waals surface area (Å²) in [5.74, 6) is -0.856. The smallest absolute Gasteiger partial charge is 0.303 e. The van der Waals surface area contributed by atoms with Gasteiger partial charge in [0.2, 0.25) is 0 Å². The van der Waals surface area contributed by atoms with Crippen LogP contribution in [0.25, 0.3) is 0 Å². The van der Waals surface area contributed by atoms with Gasteiger partial charge in [-0.05, 0) is 13.3 Å². The normalized spacial score (nSPS) is 11.7. The van der Waals surface area contributed by atoms with E-state index >= 15 is 0 Å². The molecule has 0 aromatic rings. The van der Waals surface area contributed by atoms with Crippen molar-refractivity contribution < 1.29 is 9.90 Å². The molecule has 0 aliphatic heterocycles. The van der Waals surface area contributed by atoms with Crippen molar-refractivity contribution in [2.24, 2.45) is 0 Å². The Kier molecular flexibility index (Phi) is 6.09. The van der Waals surface area contributed by atoms with Gasteiger partial charge in [0.1, 0.15) is 0 Å². The molecule has 76 valence electrons. The van der Waals surface area contributed by atoms with E-state index in [0.717, 1.165) is 0 Å². The Morgan fingerprint density at radius 2 is 1.93 bits per heavy atom. The van der Waals surface area contributed by atoms with Gasteiger partial charge in [0, 0.05) is 12.5 Å². The van der Waals surface area contributed by atoms with Gasteiger partial charge in [-0.1, -0.05) is 0 Å². The zero-order chi connectivity index (χ0) is 11.0. The lowest BCUT2D eigenvalue weighted by Crippen LogP contribution is -2.34. The van der Waals surface area contributed by atoms with Gasteiger partial charge >= 0.3 is 5.97 Å². The Morgan fingerprint density at radius 1 is 1.43 bits per heavy atom. The third-order valence-electron chi connectivity index (χ3n) is 1.95. The average molecular weight is 195 g/mol. The Labute approximate surface area is 83.2 Å². The van der Waals surface area contributed by atoms with Crippen LogP contribution in [-0.2, 0) is 4.79 Å². The van der Waals surface area contributed by atoms with E-state index < -0.39 is 5.97 Å². The van der Waals surface area contributed by atoms with Gasteiger partial charge in [0.25, 0.3) is 0 Å². The maximum atomic E-state index is 10.3. The first-order valence-corrected chi connectivity index (χ1v) is 4.31. The Balaban J connectivity index is 4.02. The minimum absolute atomic E-state index is 0.0506. The number of carboxylic acid groups (broad SMARTS) is 1. The predicted octanol–water partition coefficient (Wildman–Crippen LogP) is 0.589. The van der Waals surface area contributed by atoms with Crippen molar-refractivity contribution in [3.63, 3.8) is 0 Å². The number of aliphatic carboxylic acids is 1. The molecule has 0 saturated heterocycles. The molecule has 0 aromatic heterocycles. The lowest BCUT2D eigenvalue weighted by molar-refractivity contribution is -0.137. The second-order valence-electron chi connectivity index (χ2n) is 3.00.